The lowest BCUT2D eigenvalue weighted by atomic mass is 9.80. The molecule has 2 aliphatic rings. The Bertz CT molecular complexity index is 2890. The van der Waals surface area contributed by atoms with E-state index in [-0.39, 0.29) is 75.4 Å². The van der Waals surface area contributed by atoms with E-state index in [1.165, 1.54) is 9.47 Å². The molecule has 1 aliphatic carbocycles. The zero-order valence-corrected chi connectivity index (χ0v) is 45.1. The minimum Gasteiger partial charge on any atom is -0.497 e. The third-order valence-electron chi connectivity index (χ3n) is 13.7. The molecule has 1 aromatic heterocycles. The fourth-order valence-electron chi connectivity index (χ4n) is 10.0. The van der Waals surface area contributed by atoms with Crippen LogP contribution in [-0.4, -0.2) is 103 Å². The van der Waals surface area contributed by atoms with Gasteiger partial charge in [-0.05, 0) is 103 Å². The quantitative estimate of drug-likeness (QED) is 0.0345. The molecule has 16 nitrogen and oxygen atoms in total. The number of hydrogen-bond acceptors (Lipinski definition) is 13. The summed E-state index contributed by atoms with van der Waals surface area (Å²) in [7, 11) is 3.15. The van der Waals surface area contributed by atoms with Crippen molar-refractivity contribution in [2.45, 2.75) is 95.4 Å². The zero-order chi connectivity index (χ0) is 53.8. The number of benzene rings is 5. The first kappa shape index (κ1) is 55.3. The molecule has 1 aliphatic heterocycles. The smallest absolute Gasteiger partial charge is 0.409 e. The van der Waals surface area contributed by atoms with E-state index in [9.17, 15) is 19.6 Å². The minimum absolute atomic E-state index is 0.00828. The van der Waals surface area contributed by atoms with Crippen molar-refractivity contribution in [1.82, 2.24) is 19.1 Å². The highest BCUT2D eigenvalue weighted by atomic mass is 31.2. The lowest BCUT2D eigenvalue weighted by Crippen LogP contribution is -2.39. The minimum atomic E-state index is -1.74. The van der Waals surface area contributed by atoms with E-state index in [0.717, 1.165) is 38.9 Å². The van der Waals surface area contributed by atoms with E-state index >= 15 is 0 Å². The molecule has 2 heterocycles. The molecule has 5 aromatic carbocycles. The van der Waals surface area contributed by atoms with Crippen LogP contribution in [0.5, 0.6) is 11.5 Å². The van der Waals surface area contributed by atoms with E-state index in [0.29, 0.717) is 17.9 Å². The summed E-state index contributed by atoms with van der Waals surface area (Å²) in [5.74, 6) is 1.01. The molecule has 398 valence electrons. The number of methoxy groups -OCH3 is 2. The maximum atomic E-state index is 14.0. The van der Waals surface area contributed by atoms with Gasteiger partial charge < -0.3 is 42.9 Å². The number of carbonyl (C=O) groups excluding carboxylic acids is 2. The Balaban J connectivity index is 0.981. The van der Waals surface area contributed by atoms with Gasteiger partial charge in [0.1, 0.15) is 41.9 Å². The van der Waals surface area contributed by atoms with Crippen LogP contribution in [-0.2, 0) is 33.7 Å². The van der Waals surface area contributed by atoms with E-state index in [2.05, 4.69) is 73.0 Å². The van der Waals surface area contributed by atoms with Crippen LogP contribution in [0.15, 0.2) is 144 Å². The van der Waals surface area contributed by atoms with Gasteiger partial charge in [-0.2, -0.15) is 10.2 Å². The van der Waals surface area contributed by atoms with Crippen LogP contribution >= 0.6 is 8.53 Å². The van der Waals surface area contributed by atoms with Crippen molar-refractivity contribution in [1.29, 1.82) is 5.26 Å². The number of hydrogen-bond donors (Lipinski definition) is 1. The Morgan fingerprint density at radius 2 is 1.39 bits per heavy atom. The SMILES string of the molecule is COc1ccc(C(OC[C@H]2O[C@@H](n3ccc(NC(=O)CCCN(C)C(=O)OCC4c5ccccc5-c5ccccc54)nc3=O)C[C@@H]2OP(OCCC#N)N(C(C)C)C(C)C)(c2ccccc2)c2ccc(OC)cc2)cc1. The molecule has 2 amide bonds. The standard InChI is InChI=1S/C59H67N6O10P/c1-40(2)65(41(3)4)76(73-36-16-33-60)75-52-37-56(74-53(52)39-72-59(42-17-9-8-10-18-42,43-24-28-45(69-6)29-25-43)44-26-30-46(70-7)31-27-44)64-35-32-54(62-57(64)67)61-55(66)23-15-34-63(5)58(68)71-38-51-49-21-13-11-19-47(49)48-20-12-14-22-50(48)51/h8-14,17-22,24-32,35,40-41,51-53,56H,15-16,23,34,36-39H2,1-7H3,(H,61,62,66,67)/t52-,53+,56+,76?/m0/s1. The lowest BCUT2D eigenvalue weighted by molar-refractivity contribution is -0.116. The number of nitriles is 1. The number of ether oxygens (including phenoxy) is 5. The molecule has 0 spiro atoms. The summed E-state index contributed by atoms with van der Waals surface area (Å²) in [6.07, 6.45) is -0.407. The summed E-state index contributed by atoms with van der Waals surface area (Å²) >= 11 is 0. The summed E-state index contributed by atoms with van der Waals surface area (Å²) in [6.45, 7) is 8.88. The lowest BCUT2D eigenvalue weighted by Gasteiger charge is -2.39. The van der Waals surface area contributed by atoms with Gasteiger partial charge >= 0.3 is 11.8 Å². The highest BCUT2D eigenvalue weighted by Gasteiger charge is 2.45. The van der Waals surface area contributed by atoms with Crippen molar-refractivity contribution in [2.24, 2.45) is 0 Å². The van der Waals surface area contributed by atoms with Gasteiger partial charge in [0.15, 0.2) is 0 Å². The summed E-state index contributed by atoms with van der Waals surface area (Å²) < 4.78 is 48.0. The van der Waals surface area contributed by atoms with Gasteiger partial charge in [0.2, 0.25) is 5.91 Å². The number of anilines is 1. The Morgan fingerprint density at radius 1 is 0.816 bits per heavy atom. The Morgan fingerprint density at radius 3 is 1.96 bits per heavy atom. The highest BCUT2D eigenvalue weighted by Crippen LogP contribution is 2.51. The van der Waals surface area contributed by atoms with Gasteiger partial charge in [-0.3, -0.25) is 9.36 Å². The third kappa shape index (κ3) is 12.6. The van der Waals surface area contributed by atoms with Gasteiger partial charge in [0.05, 0.1) is 46.0 Å². The molecule has 17 heteroatoms. The molecule has 0 bridgehead atoms. The van der Waals surface area contributed by atoms with Crippen LogP contribution in [0, 0.1) is 11.3 Å². The number of fused-ring (bicyclic) bond motifs is 3. The number of carbonyl (C=O) groups is 2. The number of rotatable bonds is 24. The van der Waals surface area contributed by atoms with Gasteiger partial charge in [0, 0.05) is 50.6 Å². The van der Waals surface area contributed by atoms with Gasteiger partial charge in [-0.15, -0.1) is 0 Å². The van der Waals surface area contributed by atoms with Gasteiger partial charge in [-0.25, -0.2) is 14.3 Å². The monoisotopic (exact) mass is 1050 g/mol. The van der Waals surface area contributed by atoms with Gasteiger partial charge in [-0.1, -0.05) is 103 Å². The molecule has 4 atom stereocenters. The Labute approximate surface area is 446 Å². The third-order valence-corrected chi connectivity index (χ3v) is 15.8. The second kappa shape index (κ2) is 25.7. The molecule has 1 N–H and O–H groups in total. The Hall–Kier alpha value is -6.96. The molecule has 0 radical (unpaired) electrons. The topological polar surface area (TPSA) is 176 Å². The summed E-state index contributed by atoms with van der Waals surface area (Å²) in [5, 5.41) is 12.2. The first-order valence-corrected chi connectivity index (χ1v) is 26.8. The van der Waals surface area contributed by atoms with Crippen LogP contribution in [0.25, 0.3) is 11.1 Å². The van der Waals surface area contributed by atoms with Crippen LogP contribution in [0.1, 0.15) is 93.3 Å². The molecule has 1 fully saturated rings. The van der Waals surface area contributed by atoms with Crippen molar-refractivity contribution >= 4 is 26.3 Å². The van der Waals surface area contributed by atoms with Crippen molar-refractivity contribution in [3.63, 3.8) is 0 Å². The normalized spacial score (nSPS) is 16.5. The summed E-state index contributed by atoms with van der Waals surface area (Å²) in [4.78, 5) is 46.0. The molecular weight excluding hydrogens is 984 g/mol. The van der Waals surface area contributed by atoms with Crippen LogP contribution in [0.3, 0.4) is 0 Å². The van der Waals surface area contributed by atoms with Crippen molar-refractivity contribution in [2.75, 3.05) is 52.9 Å². The van der Waals surface area contributed by atoms with Crippen molar-refractivity contribution < 1.29 is 42.3 Å². The first-order chi connectivity index (χ1) is 36.8. The van der Waals surface area contributed by atoms with E-state index in [4.69, 9.17) is 32.7 Å². The number of nitrogens with one attached hydrogen (secondary N) is 1. The predicted octanol–water partition coefficient (Wildman–Crippen LogP) is 10.8. The fourth-order valence-corrected chi connectivity index (χ4v) is 11.8. The second-order valence-corrected chi connectivity index (χ2v) is 20.7. The fraction of sp³-hybridized carbons (Fsp3) is 0.373. The highest BCUT2D eigenvalue weighted by molar-refractivity contribution is 7.44. The zero-order valence-electron chi connectivity index (χ0n) is 44.2. The van der Waals surface area contributed by atoms with E-state index < -0.39 is 44.3 Å². The maximum absolute atomic E-state index is 14.0. The largest absolute Gasteiger partial charge is 0.497 e. The number of nitrogens with zero attached hydrogens (tertiary/aromatic N) is 5. The van der Waals surface area contributed by atoms with Crippen LogP contribution in [0.4, 0.5) is 10.6 Å². The average molecular weight is 1050 g/mol. The Kier molecular flexibility index (Phi) is 18.7. The molecular formula is C59H67N6O10P. The molecule has 8 rings (SSSR count). The van der Waals surface area contributed by atoms with Crippen molar-refractivity contribution in [3.05, 3.63) is 178 Å². The molecule has 6 aromatic rings. The molecule has 1 saturated heterocycles. The number of aromatic nitrogens is 2. The van der Waals surface area contributed by atoms with E-state index in [1.807, 2.05) is 103 Å². The number of amides is 2. The summed E-state index contributed by atoms with van der Waals surface area (Å²) in [6, 6.07) is 45.5. The summed E-state index contributed by atoms with van der Waals surface area (Å²) in [5.41, 5.74) is 5.22. The predicted molar refractivity (Wildman–Crippen MR) is 291 cm³/mol. The second-order valence-electron chi connectivity index (χ2n) is 19.3. The van der Waals surface area contributed by atoms with Crippen LogP contribution in [0.2, 0.25) is 0 Å². The maximum Gasteiger partial charge on any atom is 0.409 e. The average Bonchev–Trinajstić information content (AvgIpc) is 4.02. The molecule has 76 heavy (non-hydrogen) atoms. The van der Waals surface area contributed by atoms with Crippen molar-refractivity contribution in [3.8, 4) is 28.7 Å². The van der Waals surface area contributed by atoms with Gasteiger partial charge in [0.25, 0.3) is 8.53 Å². The van der Waals surface area contributed by atoms with E-state index in [1.54, 1.807) is 33.5 Å². The molecule has 1 unspecified atom stereocenters. The first-order valence-electron chi connectivity index (χ1n) is 25.7. The molecule has 0 saturated carbocycles. The van der Waals surface area contributed by atoms with Crippen LogP contribution < -0.4 is 20.5 Å².